The molecule has 1 aromatic rings. The third kappa shape index (κ3) is 5.63. The summed E-state index contributed by atoms with van der Waals surface area (Å²) < 4.78 is 5.49. The summed E-state index contributed by atoms with van der Waals surface area (Å²) >= 11 is 0. The number of hydrogen-bond acceptors (Lipinski definition) is 3. The normalized spacial score (nSPS) is 11.9. The van der Waals surface area contributed by atoms with Gasteiger partial charge in [0.15, 0.2) is 6.73 Å². The highest BCUT2D eigenvalue weighted by Gasteiger charge is 2.20. The molecule has 1 atom stereocenters. The van der Waals surface area contributed by atoms with Gasteiger partial charge in [0.1, 0.15) is 11.8 Å². The lowest BCUT2D eigenvalue weighted by Gasteiger charge is -2.17. The van der Waals surface area contributed by atoms with Crippen molar-refractivity contribution in [1.82, 2.24) is 10.6 Å². The first-order valence-electron chi connectivity index (χ1n) is 7.27. The standard InChI is InChI=1S/C16H24N2O4/c1-10(2)8-13(15(19)20)18-16(21)17-9-22-14-7-5-6-11(3)12(14)4/h5-7,10,13H,8-9H2,1-4H3,(H,19,20)(H2,17,18,21). The molecule has 122 valence electrons. The number of ether oxygens (including phenoxy) is 1. The fraction of sp³-hybridized carbons (Fsp3) is 0.500. The van der Waals surface area contributed by atoms with Crippen LogP contribution in [0.15, 0.2) is 18.2 Å². The Bertz CT molecular complexity index is 529. The smallest absolute Gasteiger partial charge is 0.326 e. The van der Waals surface area contributed by atoms with E-state index in [1.807, 2.05) is 45.9 Å². The number of carbonyl (C=O) groups excluding carboxylic acids is 1. The third-order valence-corrected chi connectivity index (χ3v) is 3.33. The molecule has 0 heterocycles. The van der Waals surface area contributed by atoms with Crippen molar-refractivity contribution in [3.8, 4) is 5.75 Å². The maximum absolute atomic E-state index is 11.7. The van der Waals surface area contributed by atoms with E-state index in [0.29, 0.717) is 12.2 Å². The average Bonchev–Trinajstić information content (AvgIpc) is 2.42. The molecule has 0 aliphatic rings. The van der Waals surface area contributed by atoms with Crippen molar-refractivity contribution >= 4 is 12.0 Å². The summed E-state index contributed by atoms with van der Waals surface area (Å²) in [5.41, 5.74) is 2.11. The zero-order chi connectivity index (χ0) is 16.7. The average molecular weight is 308 g/mol. The highest BCUT2D eigenvalue weighted by atomic mass is 16.5. The van der Waals surface area contributed by atoms with Crippen LogP contribution in [0.2, 0.25) is 0 Å². The van der Waals surface area contributed by atoms with Gasteiger partial charge in [-0.2, -0.15) is 0 Å². The molecule has 22 heavy (non-hydrogen) atoms. The van der Waals surface area contributed by atoms with E-state index in [-0.39, 0.29) is 12.6 Å². The summed E-state index contributed by atoms with van der Waals surface area (Å²) in [4.78, 5) is 22.8. The summed E-state index contributed by atoms with van der Waals surface area (Å²) in [6.45, 7) is 7.70. The van der Waals surface area contributed by atoms with E-state index in [4.69, 9.17) is 9.84 Å². The van der Waals surface area contributed by atoms with Crippen LogP contribution in [0.25, 0.3) is 0 Å². The lowest BCUT2D eigenvalue weighted by atomic mass is 10.0. The molecular formula is C16H24N2O4. The summed E-state index contributed by atoms with van der Waals surface area (Å²) in [6.07, 6.45) is 0.376. The second kappa shape index (κ2) is 8.26. The SMILES string of the molecule is Cc1cccc(OCNC(=O)NC(CC(C)C)C(=O)O)c1C. The van der Waals surface area contributed by atoms with Crippen molar-refractivity contribution in [3.05, 3.63) is 29.3 Å². The molecule has 1 unspecified atom stereocenters. The van der Waals surface area contributed by atoms with Crippen molar-refractivity contribution < 1.29 is 19.4 Å². The van der Waals surface area contributed by atoms with E-state index < -0.39 is 18.0 Å². The predicted molar refractivity (Wildman–Crippen MR) is 84.0 cm³/mol. The first-order chi connectivity index (χ1) is 10.3. The van der Waals surface area contributed by atoms with Gasteiger partial charge in [-0.15, -0.1) is 0 Å². The number of benzene rings is 1. The van der Waals surface area contributed by atoms with E-state index in [1.165, 1.54) is 0 Å². The van der Waals surface area contributed by atoms with Gasteiger partial charge < -0.3 is 20.5 Å². The minimum Gasteiger partial charge on any atom is -0.480 e. The number of hydrogen-bond donors (Lipinski definition) is 3. The molecule has 6 nitrogen and oxygen atoms in total. The molecule has 1 rings (SSSR count). The molecule has 0 bridgehead atoms. The topological polar surface area (TPSA) is 87.7 Å². The Kier molecular flexibility index (Phi) is 6.69. The second-order valence-electron chi connectivity index (χ2n) is 5.66. The summed E-state index contributed by atoms with van der Waals surface area (Å²) in [5, 5.41) is 14.0. The molecule has 0 radical (unpaired) electrons. The summed E-state index contributed by atoms with van der Waals surface area (Å²) in [7, 11) is 0. The van der Waals surface area contributed by atoms with Gasteiger partial charge in [-0.05, 0) is 43.4 Å². The first-order valence-corrected chi connectivity index (χ1v) is 7.27. The van der Waals surface area contributed by atoms with Crippen molar-refractivity contribution in [2.45, 2.75) is 40.2 Å². The van der Waals surface area contributed by atoms with Crippen LogP contribution in [0, 0.1) is 19.8 Å². The van der Waals surface area contributed by atoms with Crippen molar-refractivity contribution in [1.29, 1.82) is 0 Å². The molecule has 0 spiro atoms. The van der Waals surface area contributed by atoms with E-state index >= 15 is 0 Å². The molecule has 0 saturated heterocycles. The third-order valence-electron chi connectivity index (χ3n) is 3.33. The fourth-order valence-corrected chi connectivity index (χ4v) is 1.96. The van der Waals surface area contributed by atoms with Crippen molar-refractivity contribution in [3.63, 3.8) is 0 Å². The Balaban J connectivity index is 2.45. The molecule has 0 aromatic heterocycles. The van der Waals surface area contributed by atoms with Crippen LogP contribution in [-0.2, 0) is 4.79 Å². The largest absolute Gasteiger partial charge is 0.480 e. The number of aryl methyl sites for hydroxylation is 1. The number of carboxylic acids is 1. The Morgan fingerprint density at radius 2 is 1.95 bits per heavy atom. The molecule has 3 N–H and O–H groups in total. The summed E-state index contributed by atoms with van der Waals surface area (Å²) in [5.74, 6) is -0.177. The van der Waals surface area contributed by atoms with Gasteiger partial charge in [-0.25, -0.2) is 9.59 Å². The zero-order valence-electron chi connectivity index (χ0n) is 13.5. The lowest BCUT2D eigenvalue weighted by Crippen LogP contribution is -2.47. The number of aliphatic carboxylic acids is 1. The summed E-state index contributed by atoms with van der Waals surface area (Å²) in [6, 6.07) is 4.21. The Labute approximate surface area is 130 Å². The van der Waals surface area contributed by atoms with Gasteiger partial charge in [0.25, 0.3) is 0 Å². The quantitative estimate of drug-likeness (QED) is 0.675. The van der Waals surface area contributed by atoms with Crippen molar-refractivity contribution in [2.75, 3.05) is 6.73 Å². The number of urea groups is 1. The van der Waals surface area contributed by atoms with Gasteiger partial charge >= 0.3 is 12.0 Å². The number of rotatable bonds is 7. The number of carboxylic acid groups (broad SMARTS) is 1. The monoisotopic (exact) mass is 308 g/mol. The van der Waals surface area contributed by atoms with E-state index in [9.17, 15) is 9.59 Å². The van der Waals surface area contributed by atoms with Crippen LogP contribution in [-0.4, -0.2) is 29.9 Å². The molecule has 6 heteroatoms. The Morgan fingerprint density at radius 3 is 2.55 bits per heavy atom. The number of carbonyl (C=O) groups is 2. The molecule has 1 aromatic carbocycles. The molecular weight excluding hydrogens is 284 g/mol. The molecule has 0 aliphatic heterocycles. The maximum Gasteiger partial charge on any atom is 0.326 e. The van der Waals surface area contributed by atoms with Crippen LogP contribution in [0.5, 0.6) is 5.75 Å². The van der Waals surface area contributed by atoms with Gasteiger partial charge in [-0.1, -0.05) is 26.0 Å². The Hall–Kier alpha value is -2.24. The highest BCUT2D eigenvalue weighted by Crippen LogP contribution is 2.19. The molecule has 0 fully saturated rings. The van der Waals surface area contributed by atoms with Crippen LogP contribution in [0.1, 0.15) is 31.4 Å². The highest BCUT2D eigenvalue weighted by molar-refractivity contribution is 5.82. The Morgan fingerprint density at radius 1 is 1.27 bits per heavy atom. The molecule has 0 saturated carbocycles. The zero-order valence-corrected chi connectivity index (χ0v) is 13.5. The predicted octanol–water partition coefficient (Wildman–Crippen LogP) is 2.44. The van der Waals surface area contributed by atoms with Gasteiger partial charge in [0.05, 0.1) is 0 Å². The number of amides is 2. The van der Waals surface area contributed by atoms with E-state index in [2.05, 4.69) is 10.6 Å². The second-order valence-corrected chi connectivity index (χ2v) is 5.66. The molecule has 0 aliphatic carbocycles. The van der Waals surface area contributed by atoms with Crippen LogP contribution < -0.4 is 15.4 Å². The van der Waals surface area contributed by atoms with Crippen LogP contribution >= 0.6 is 0 Å². The molecule has 2 amide bonds. The minimum absolute atomic E-state index is 0.0237. The van der Waals surface area contributed by atoms with E-state index in [0.717, 1.165) is 11.1 Å². The minimum atomic E-state index is -1.04. The van der Waals surface area contributed by atoms with Crippen LogP contribution in [0.3, 0.4) is 0 Å². The number of nitrogens with one attached hydrogen (secondary N) is 2. The van der Waals surface area contributed by atoms with E-state index in [1.54, 1.807) is 0 Å². The van der Waals surface area contributed by atoms with Gasteiger partial charge in [0.2, 0.25) is 0 Å². The lowest BCUT2D eigenvalue weighted by molar-refractivity contribution is -0.139. The van der Waals surface area contributed by atoms with Crippen molar-refractivity contribution in [2.24, 2.45) is 5.92 Å². The van der Waals surface area contributed by atoms with Crippen LogP contribution in [0.4, 0.5) is 4.79 Å². The van der Waals surface area contributed by atoms with Gasteiger partial charge in [0, 0.05) is 0 Å². The fourth-order valence-electron chi connectivity index (χ4n) is 1.96. The first kappa shape index (κ1) is 17.8. The van der Waals surface area contributed by atoms with Gasteiger partial charge in [-0.3, -0.25) is 0 Å². The maximum atomic E-state index is 11.7.